The second-order valence-corrected chi connectivity index (χ2v) is 6.71. The molecular weight excluding hydrogens is 286 g/mol. The number of rotatable bonds is 6. The molecule has 0 aliphatic heterocycles. The quantitative estimate of drug-likeness (QED) is 0.694. The first-order valence-electron chi connectivity index (χ1n) is 6.85. The van der Waals surface area contributed by atoms with Crippen LogP contribution in [0.1, 0.15) is 45.2 Å². The van der Waals surface area contributed by atoms with Crippen molar-refractivity contribution in [3.05, 3.63) is 35.4 Å². The molecule has 1 aromatic carbocycles. The number of hydrogen-bond acceptors (Lipinski definition) is 1. The molecule has 0 N–H and O–H groups in total. The summed E-state index contributed by atoms with van der Waals surface area (Å²) < 4.78 is 0. The molecule has 0 bridgehead atoms. The predicted octanol–water partition coefficient (Wildman–Crippen LogP) is 4.59. The first kappa shape index (κ1) is 15.7. The van der Waals surface area contributed by atoms with Crippen LogP contribution in [0, 0.1) is 0 Å². The third-order valence-electron chi connectivity index (χ3n) is 3.17. The molecule has 0 saturated carbocycles. The van der Waals surface area contributed by atoms with Gasteiger partial charge >= 0.3 is 0 Å². The van der Waals surface area contributed by atoms with E-state index in [2.05, 4.69) is 72.8 Å². The molecule has 2 heteroatoms. The van der Waals surface area contributed by atoms with Gasteiger partial charge in [-0.15, -0.1) is 0 Å². The number of benzene rings is 1. The SMILES string of the molecule is CCCN(CCBr)Cc1ccc(C(C)(C)C)cc1. The molecule has 1 nitrogen and oxygen atoms in total. The van der Waals surface area contributed by atoms with Gasteiger partial charge in [-0.2, -0.15) is 0 Å². The summed E-state index contributed by atoms with van der Waals surface area (Å²) in [7, 11) is 0. The second kappa shape index (κ2) is 7.30. The van der Waals surface area contributed by atoms with Gasteiger partial charge in [0, 0.05) is 18.4 Å². The van der Waals surface area contributed by atoms with Gasteiger partial charge < -0.3 is 0 Å². The molecule has 0 unspecified atom stereocenters. The van der Waals surface area contributed by atoms with Crippen LogP contribution in [0.2, 0.25) is 0 Å². The molecule has 102 valence electrons. The maximum absolute atomic E-state index is 3.53. The van der Waals surface area contributed by atoms with Gasteiger partial charge in [0.05, 0.1) is 0 Å². The van der Waals surface area contributed by atoms with Crippen molar-refractivity contribution in [3.8, 4) is 0 Å². The Balaban J connectivity index is 2.67. The highest BCUT2D eigenvalue weighted by Gasteiger charge is 2.13. The largest absolute Gasteiger partial charge is 0.298 e. The van der Waals surface area contributed by atoms with E-state index < -0.39 is 0 Å². The normalized spacial score (nSPS) is 12.1. The minimum absolute atomic E-state index is 0.248. The van der Waals surface area contributed by atoms with Crippen molar-refractivity contribution in [3.63, 3.8) is 0 Å². The molecule has 0 saturated heterocycles. The highest BCUT2D eigenvalue weighted by atomic mass is 79.9. The smallest absolute Gasteiger partial charge is 0.0234 e. The molecule has 0 aliphatic carbocycles. The number of hydrogen-bond donors (Lipinski definition) is 0. The molecule has 1 rings (SSSR count). The Bertz CT molecular complexity index is 331. The first-order chi connectivity index (χ1) is 8.47. The lowest BCUT2D eigenvalue weighted by molar-refractivity contribution is 0.283. The second-order valence-electron chi connectivity index (χ2n) is 5.91. The molecule has 0 heterocycles. The van der Waals surface area contributed by atoms with Gasteiger partial charge in [0.25, 0.3) is 0 Å². The maximum Gasteiger partial charge on any atom is 0.0234 e. The van der Waals surface area contributed by atoms with Crippen molar-refractivity contribution in [2.45, 2.75) is 46.1 Å². The van der Waals surface area contributed by atoms with Gasteiger partial charge in [-0.25, -0.2) is 0 Å². The van der Waals surface area contributed by atoms with Crippen LogP contribution in [0.15, 0.2) is 24.3 Å². The van der Waals surface area contributed by atoms with Crippen molar-refractivity contribution in [2.24, 2.45) is 0 Å². The first-order valence-corrected chi connectivity index (χ1v) is 7.97. The summed E-state index contributed by atoms with van der Waals surface area (Å²) in [6.45, 7) is 12.4. The Morgan fingerprint density at radius 3 is 2.11 bits per heavy atom. The van der Waals surface area contributed by atoms with Crippen molar-refractivity contribution in [1.29, 1.82) is 0 Å². The fourth-order valence-electron chi connectivity index (χ4n) is 2.07. The highest BCUT2D eigenvalue weighted by molar-refractivity contribution is 9.09. The summed E-state index contributed by atoms with van der Waals surface area (Å²) in [4.78, 5) is 2.50. The lowest BCUT2D eigenvalue weighted by atomic mass is 9.87. The Morgan fingerprint density at radius 1 is 1.06 bits per heavy atom. The van der Waals surface area contributed by atoms with Gasteiger partial charge in [-0.05, 0) is 29.5 Å². The average molecular weight is 312 g/mol. The van der Waals surface area contributed by atoms with E-state index in [1.807, 2.05) is 0 Å². The van der Waals surface area contributed by atoms with E-state index in [0.717, 1.165) is 18.4 Å². The molecule has 18 heavy (non-hydrogen) atoms. The molecule has 0 radical (unpaired) electrons. The molecule has 0 atom stereocenters. The molecule has 1 aromatic rings. The summed E-state index contributed by atoms with van der Waals surface area (Å²) in [5.41, 5.74) is 3.07. The molecule has 0 aliphatic rings. The van der Waals surface area contributed by atoms with Crippen molar-refractivity contribution >= 4 is 15.9 Å². The van der Waals surface area contributed by atoms with Crippen LogP contribution in [0.25, 0.3) is 0 Å². The fraction of sp³-hybridized carbons (Fsp3) is 0.625. The minimum Gasteiger partial charge on any atom is -0.298 e. The average Bonchev–Trinajstić information content (AvgIpc) is 2.29. The Hall–Kier alpha value is -0.340. The van der Waals surface area contributed by atoms with Gasteiger partial charge in [0.1, 0.15) is 0 Å². The Kier molecular flexibility index (Phi) is 6.37. The van der Waals surface area contributed by atoms with Gasteiger partial charge in [0.15, 0.2) is 0 Å². The third-order valence-corrected chi connectivity index (χ3v) is 3.52. The van der Waals surface area contributed by atoms with E-state index in [0.29, 0.717) is 0 Å². The maximum atomic E-state index is 3.53. The van der Waals surface area contributed by atoms with Crippen LogP contribution < -0.4 is 0 Å². The summed E-state index contributed by atoms with van der Waals surface area (Å²) >= 11 is 3.53. The lowest BCUT2D eigenvalue weighted by Gasteiger charge is -2.22. The lowest BCUT2D eigenvalue weighted by Crippen LogP contribution is -2.26. The monoisotopic (exact) mass is 311 g/mol. The minimum atomic E-state index is 0.248. The van der Waals surface area contributed by atoms with Crippen LogP contribution in [0.4, 0.5) is 0 Å². The van der Waals surface area contributed by atoms with Crippen molar-refractivity contribution in [2.75, 3.05) is 18.4 Å². The zero-order chi connectivity index (χ0) is 13.6. The van der Waals surface area contributed by atoms with Crippen LogP contribution in [-0.4, -0.2) is 23.3 Å². The predicted molar refractivity (Wildman–Crippen MR) is 84.5 cm³/mol. The van der Waals surface area contributed by atoms with Gasteiger partial charge in [-0.3, -0.25) is 4.90 Å². The van der Waals surface area contributed by atoms with Crippen LogP contribution in [0.3, 0.4) is 0 Å². The number of halogens is 1. The van der Waals surface area contributed by atoms with Crippen molar-refractivity contribution < 1.29 is 0 Å². The topological polar surface area (TPSA) is 3.24 Å². The van der Waals surface area contributed by atoms with E-state index in [9.17, 15) is 0 Å². The van der Waals surface area contributed by atoms with Crippen molar-refractivity contribution in [1.82, 2.24) is 4.90 Å². The van der Waals surface area contributed by atoms with E-state index in [-0.39, 0.29) is 5.41 Å². The Labute approximate surface area is 121 Å². The molecule has 0 aromatic heterocycles. The van der Waals surface area contributed by atoms with E-state index in [1.54, 1.807) is 0 Å². The van der Waals surface area contributed by atoms with Crippen LogP contribution >= 0.6 is 15.9 Å². The standard InChI is InChI=1S/C16H26BrN/c1-5-11-18(12-10-17)13-14-6-8-15(9-7-14)16(2,3)4/h6-9H,5,10-13H2,1-4H3. The molecule has 0 amide bonds. The summed E-state index contributed by atoms with van der Waals surface area (Å²) in [6, 6.07) is 9.09. The van der Waals surface area contributed by atoms with Crippen LogP contribution in [0.5, 0.6) is 0 Å². The highest BCUT2D eigenvalue weighted by Crippen LogP contribution is 2.22. The Morgan fingerprint density at radius 2 is 1.67 bits per heavy atom. The third kappa shape index (κ3) is 5.11. The number of alkyl halides is 1. The molecule has 0 fully saturated rings. The zero-order valence-electron chi connectivity index (χ0n) is 12.2. The van der Waals surface area contributed by atoms with Gasteiger partial charge in [-0.1, -0.05) is 67.9 Å². The van der Waals surface area contributed by atoms with E-state index in [4.69, 9.17) is 0 Å². The fourth-order valence-corrected chi connectivity index (χ4v) is 2.58. The zero-order valence-corrected chi connectivity index (χ0v) is 13.8. The molecular formula is C16H26BrN. The number of nitrogens with zero attached hydrogens (tertiary/aromatic N) is 1. The summed E-state index contributed by atoms with van der Waals surface area (Å²) in [5, 5.41) is 1.05. The van der Waals surface area contributed by atoms with E-state index >= 15 is 0 Å². The summed E-state index contributed by atoms with van der Waals surface area (Å²) in [5.74, 6) is 0. The van der Waals surface area contributed by atoms with Gasteiger partial charge in [0.2, 0.25) is 0 Å². The van der Waals surface area contributed by atoms with Crippen LogP contribution in [-0.2, 0) is 12.0 Å². The summed E-state index contributed by atoms with van der Waals surface area (Å²) in [6.07, 6.45) is 1.22. The molecule has 0 spiro atoms. The van der Waals surface area contributed by atoms with E-state index in [1.165, 1.54) is 24.1 Å².